The van der Waals surface area contributed by atoms with Gasteiger partial charge < -0.3 is 4.90 Å². The number of halogens is 1. The molecular weight excluding hydrogens is 457 g/mol. The smallest absolute Gasteiger partial charge is 0.263 e. The number of hydrogen-bond donors (Lipinski definition) is 0. The second-order valence-corrected chi connectivity index (χ2v) is 9.12. The molecule has 0 fully saturated rings. The van der Waals surface area contributed by atoms with Crippen molar-refractivity contribution in [3.63, 3.8) is 0 Å². The van der Waals surface area contributed by atoms with Gasteiger partial charge >= 0.3 is 0 Å². The molecule has 3 heterocycles. The molecule has 2 aromatic heterocycles. The molecule has 1 aliphatic heterocycles. The van der Waals surface area contributed by atoms with E-state index in [1.165, 1.54) is 23.3 Å². The maximum atomic E-state index is 13.4. The third kappa shape index (κ3) is 3.94. The summed E-state index contributed by atoms with van der Waals surface area (Å²) in [4.78, 5) is 28.3. The Labute approximate surface area is 206 Å². The number of carbonyl (C=O) groups excluding carboxylic acids is 1. The van der Waals surface area contributed by atoms with Gasteiger partial charge in [0.05, 0.1) is 17.4 Å². The Morgan fingerprint density at radius 1 is 0.917 bits per heavy atom. The Kier molecular flexibility index (Phi) is 5.56. The minimum Gasteiger partial charge on any atom is -0.338 e. The standard InChI is InChI=1S/C28H24FN5O2/c29-22-11-9-19(10-12-22)17-33-27(36)23-7-3-4-8-24(23)34-25(30-31-28(33)34)13-14-26(35)32-16-15-20-5-1-2-6-21(20)18-32/h1-12H,13-18H2. The first-order valence-electron chi connectivity index (χ1n) is 12.0. The third-order valence-electron chi connectivity index (χ3n) is 6.87. The molecule has 0 atom stereocenters. The van der Waals surface area contributed by atoms with Gasteiger partial charge in [-0.15, -0.1) is 10.2 Å². The van der Waals surface area contributed by atoms with E-state index in [9.17, 15) is 14.0 Å². The van der Waals surface area contributed by atoms with Crippen molar-refractivity contribution in [1.82, 2.24) is 24.1 Å². The number of para-hydroxylation sites is 1. The van der Waals surface area contributed by atoms with E-state index in [1.807, 2.05) is 39.6 Å². The normalized spacial score (nSPS) is 13.3. The second-order valence-electron chi connectivity index (χ2n) is 9.12. The minimum atomic E-state index is -0.332. The predicted molar refractivity (Wildman–Crippen MR) is 134 cm³/mol. The molecule has 180 valence electrons. The maximum absolute atomic E-state index is 13.4. The van der Waals surface area contributed by atoms with E-state index in [0.29, 0.717) is 48.4 Å². The van der Waals surface area contributed by atoms with Crippen molar-refractivity contribution in [3.05, 3.63) is 111 Å². The molecule has 36 heavy (non-hydrogen) atoms. The van der Waals surface area contributed by atoms with Crippen LogP contribution in [0, 0.1) is 5.82 Å². The summed E-state index contributed by atoms with van der Waals surface area (Å²) in [5.41, 5.74) is 3.79. The molecule has 0 spiro atoms. The van der Waals surface area contributed by atoms with Crippen molar-refractivity contribution in [2.75, 3.05) is 6.54 Å². The highest BCUT2D eigenvalue weighted by molar-refractivity contribution is 5.80. The second kappa shape index (κ2) is 9.03. The van der Waals surface area contributed by atoms with Crippen molar-refractivity contribution < 1.29 is 9.18 Å². The molecule has 1 aliphatic rings. The molecule has 0 saturated carbocycles. The van der Waals surface area contributed by atoms with E-state index in [1.54, 1.807) is 22.8 Å². The zero-order valence-electron chi connectivity index (χ0n) is 19.6. The summed E-state index contributed by atoms with van der Waals surface area (Å²) in [6, 6.07) is 21.6. The Balaban J connectivity index is 1.32. The van der Waals surface area contributed by atoms with E-state index in [-0.39, 0.29) is 23.8 Å². The number of fused-ring (bicyclic) bond motifs is 4. The summed E-state index contributed by atoms with van der Waals surface area (Å²) in [5, 5.41) is 9.25. The number of aromatic nitrogens is 4. The maximum Gasteiger partial charge on any atom is 0.263 e. The van der Waals surface area contributed by atoms with Crippen molar-refractivity contribution >= 4 is 22.6 Å². The van der Waals surface area contributed by atoms with Crippen molar-refractivity contribution in [2.45, 2.75) is 32.4 Å². The zero-order valence-corrected chi connectivity index (χ0v) is 19.6. The van der Waals surface area contributed by atoms with Gasteiger partial charge in [0, 0.05) is 25.9 Å². The van der Waals surface area contributed by atoms with E-state index in [0.717, 1.165) is 12.0 Å². The van der Waals surface area contributed by atoms with Crippen molar-refractivity contribution in [1.29, 1.82) is 0 Å². The molecule has 0 saturated heterocycles. The topological polar surface area (TPSA) is 72.5 Å². The minimum absolute atomic E-state index is 0.0743. The van der Waals surface area contributed by atoms with Gasteiger partial charge in [-0.25, -0.2) is 4.39 Å². The molecule has 6 rings (SSSR count). The molecule has 0 unspecified atom stereocenters. The van der Waals surface area contributed by atoms with Crippen LogP contribution in [0.25, 0.3) is 16.7 Å². The van der Waals surface area contributed by atoms with Crippen LogP contribution in [0.4, 0.5) is 4.39 Å². The molecule has 0 N–H and O–H groups in total. The van der Waals surface area contributed by atoms with Gasteiger partial charge in [0.25, 0.3) is 5.56 Å². The lowest BCUT2D eigenvalue weighted by Crippen LogP contribution is -2.36. The van der Waals surface area contributed by atoms with Gasteiger partial charge in [-0.3, -0.25) is 18.6 Å². The molecule has 7 nitrogen and oxygen atoms in total. The Morgan fingerprint density at radius 2 is 1.67 bits per heavy atom. The summed E-state index contributed by atoms with van der Waals surface area (Å²) in [6.07, 6.45) is 1.56. The van der Waals surface area contributed by atoms with Crippen LogP contribution >= 0.6 is 0 Å². The number of hydrogen-bond acceptors (Lipinski definition) is 4. The summed E-state index contributed by atoms with van der Waals surface area (Å²) >= 11 is 0. The fourth-order valence-electron chi connectivity index (χ4n) is 4.98. The van der Waals surface area contributed by atoms with Gasteiger partial charge in [-0.1, -0.05) is 48.5 Å². The third-order valence-corrected chi connectivity index (χ3v) is 6.87. The van der Waals surface area contributed by atoms with Crippen LogP contribution in [0.3, 0.4) is 0 Å². The summed E-state index contributed by atoms with van der Waals surface area (Å²) in [6.45, 7) is 1.56. The number of benzene rings is 3. The number of carbonyl (C=O) groups is 1. The van der Waals surface area contributed by atoms with Crippen molar-refractivity contribution in [3.8, 4) is 0 Å². The highest BCUT2D eigenvalue weighted by Crippen LogP contribution is 2.21. The van der Waals surface area contributed by atoms with Crippen LogP contribution < -0.4 is 5.56 Å². The van der Waals surface area contributed by atoms with Crippen LogP contribution in [0.5, 0.6) is 0 Å². The van der Waals surface area contributed by atoms with Gasteiger partial charge in [0.1, 0.15) is 11.6 Å². The number of amides is 1. The lowest BCUT2D eigenvalue weighted by Gasteiger charge is -2.28. The summed E-state index contributed by atoms with van der Waals surface area (Å²) in [5.74, 6) is 0.767. The van der Waals surface area contributed by atoms with Gasteiger partial charge in [0.2, 0.25) is 11.7 Å². The van der Waals surface area contributed by atoms with E-state index < -0.39 is 0 Å². The average molecular weight is 482 g/mol. The first-order valence-corrected chi connectivity index (χ1v) is 12.0. The Bertz CT molecular complexity index is 1660. The molecule has 1 amide bonds. The molecule has 3 aromatic carbocycles. The number of nitrogens with zero attached hydrogens (tertiary/aromatic N) is 5. The van der Waals surface area contributed by atoms with Crippen LogP contribution in [0.2, 0.25) is 0 Å². The largest absolute Gasteiger partial charge is 0.338 e. The van der Waals surface area contributed by atoms with E-state index in [4.69, 9.17) is 0 Å². The van der Waals surface area contributed by atoms with Crippen LogP contribution in [0.1, 0.15) is 28.9 Å². The first-order chi connectivity index (χ1) is 17.6. The summed E-state index contributed by atoms with van der Waals surface area (Å²) in [7, 11) is 0. The monoisotopic (exact) mass is 481 g/mol. The summed E-state index contributed by atoms with van der Waals surface area (Å²) < 4.78 is 16.8. The van der Waals surface area contributed by atoms with Crippen LogP contribution in [-0.2, 0) is 30.7 Å². The lowest BCUT2D eigenvalue weighted by atomic mass is 9.99. The average Bonchev–Trinajstić information content (AvgIpc) is 3.34. The molecule has 0 aliphatic carbocycles. The fraction of sp³-hybridized carbons (Fsp3) is 0.214. The Hall–Kier alpha value is -4.33. The molecule has 0 radical (unpaired) electrons. The van der Waals surface area contributed by atoms with Crippen molar-refractivity contribution in [2.24, 2.45) is 0 Å². The molecular formula is C28H24FN5O2. The lowest BCUT2D eigenvalue weighted by molar-refractivity contribution is -0.132. The van der Waals surface area contributed by atoms with Gasteiger partial charge in [-0.05, 0) is 47.4 Å². The molecule has 5 aromatic rings. The van der Waals surface area contributed by atoms with E-state index in [2.05, 4.69) is 22.3 Å². The highest BCUT2D eigenvalue weighted by Gasteiger charge is 2.22. The predicted octanol–water partition coefficient (Wildman–Crippen LogP) is 3.75. The van der Waals surface area contributed by atoms with Gasteiger partial charge in [-0.2, -0.15) is 0 Å². The van der Waals surface area contributed by atoms with Gasteiger partial charge in [0.15, 0.2) is 0 Å². The SMILES string of the molecule is O=C(CCc1nnc2n(Cc3ccc(F)cc3)c(=O)c3ccccc3n12)N1CCc2ccccc2C1. The van der Waals surface area contributed by atoms with Crippen LogP contribution in [0.15, 0.2) is 77.6 Å². The fourth-order valence-corrected chi connectivity index (χ4v) is 4.98. The molecule has 0 bridgehead atoms. The quantitative estimate of drug-likeness (QED) is 0.383. The Morgan fingerprint density at radius 3 is 2.50 bits per heavy atom. The zero-order chi connectivity index (χ0) is 24.6. The number of aryl methyl sites for hydroxylation is 1. The van der Waals surface area contributed by atoms with Crippen LogP contribution in [-0.4, -0.2) is 36.5 Å². The van der Waals surface area contributed by atoms with E-state index >= 15 is 0 Å². The first kappa shape index (κ1) is 22.2. The molecule has 8 heteroatoms. The number of rotatable bonds is 5. The highest BCUT2D eigenvalue weighted by atomic mass is 19.1.